The molecule has 0 amide bonds. The van der Waals surface area contributed by atoms with Crippen molar-refractivity contribution in [2.24, 2.45) is 0 Å². The number of nitrogens with zero attached hydrogens (tertiary/aromatic N) is 1. The van der Waals surface area contributed by atoms with Gasteiger partial charge >= 0.3 is 6.18 Å². The Kier molecular flexibility index (Phi) is 2.96. The zero-order valence-corrected chi connectivity index (χ0v) is 11.0. The number of benzene rings is 1. The van der Waals surface area contributed by atoms with Crippen molar-refractivity contribution in [2.75, 3.05) is 5.73 Å². The molecular weight excluding hydrogens is 253 g/mol. The van der Waals surface area contributed by atoms with E-state index in [9.17, 15) is 13.2 Å². The summed E-state index contributed by atoms with van der Waals surface area (Å²) in [4.78, 5) is 4.18. The third kappa shape index (κ3) is 2.64. The van der Waals surface area contributed by atoms with Crippen molar-refractivity contribution in [2.45, 2.75) is 32.4 Å². The highest BCUT2D eigenvalue weighted by atomic mass is 19.4. The van der Waals surface area contributed by atoms with E-state index in [-0.39, 0.29) is 5.41 Å². The zero-order valence-electron chi connectivity index (χ0n) is 11.0. The van der Waals surface area contributed by atoms with Crippen molar-refractivity contribution in [3.63, 3.8) is 0 Å². The molecule has 2 N–H and O–H groups in total. The molecule has 2 aromatic rings. The maximum Gasteiger partial charge on any atom is 0.416 e. The molecule has 0 radical (unpaired) electrons. The van der Waals surface area contributed by atoms with Crippen LogP contribution in [-0.2, 0) is 11.6 Å². The Balaban J connectivity index is 2.69. The summed E-state index contributed by atoms with van der Waals surface area (Å²) >= 11 is 0. The van der Waals surface area contributed by atoms with E-state index in [0.29, 0.717) is 16.7 Å². The minimum atomic E-state index is -4.35. The maximum absolute atomic E-state index is 12.7. The Morgan fingerprint density at radius 1 is 1.05 bits per heavy atom. The Morgan fingerprint density at radius 3 is 2.21 bits per heavy atom. The number of aromatic nitrogens is 1. The van der Waals surface area contributed by atoms with Crippen LogP contribution in [0, 0.1) is 0 Å². The summed E-state index contributed by atoms with van der Waals surface area (Å²) in [6.45, 7) is 5.83. The number of hydrogen-bond acceptors (Lipinski definition) is 2. The highest BCUT2D eigenvalue weighted by Crippen LogP contribution is 2.34. The van der Waals surface area contributed by atoms with E-state index >= 15 is 0 Å². The van der Waals surface area contributed by atoms with Gasteiger partial charge in [0.25, 0.3) is 0 Å². The second kappa shape index (κ2) is 4.11. The summed E-state index contributed by atoms with van der Waals surface area (Å²) in [6, 6.07) is 5.16. The third-order valence-electron chi connectivity index (χ3n) is 2.98. The van der Waals surface area contributed by atoms with Crippen LogP contribution in [0.5, 0.6) is 0 Å². The van der Waals surface area contributed by atoms with Crippen molar-refractivity contribution >= 4 is 16.7 Å². The molecule has 0 unspecified atom stereocenters. The lowest BCUT2D eigenvalue weighted by Crippen LogP contribution is -2.15. The van der Waals surface area contributed by atoms with Crippen molar-refractivity contribution in [3.8, 4) is 0 Å². The third-order valence-corrected chi connectivity index (χ3v) is 2.98. The number of pyridine rings is 1. The second-order valence-corrected chi connectivity index (χ2v) is 5.58. The number of nitrogens with two attached hydrogens (primary N) is 1. The van der Waals surface area contributed by atoms with E-state index in [1.807, 2.05) is 20.8 Å². The number of halogens is 3. The minimum absolute atomic E-state index is 0.264. The number of rotatable bonds is 0. The average Bonchev–Trinajstić information content (AvgIpc) is 2.24. The lowest BCUT2D eigenvalue weighted by atomic mass is 9.86. The minimum Gasteiger partial charge on any atom is -0.383 e. The topological polar surface area (TPSA) is 38.9 Å². The fourth-order valence-corrected chi connectivity index (χ4v) is 1.97. The smallest absolute Gasteiger partial charge is 0.383 e. The Bertz CT molecular complexity index is 625. The van der Waals surface area contributed by atoms with Crippen LogP contribution in [0.4, 0.5) is 19.0 Å². The summed E-state index contributed by atoms with van der Waals surface area (Å²) < 4.78 is 38.1. The van der Waals surface area contributed by atoms with Crippen LogP contribution >= 0.6 is 0 Å². The largest absolute Gasteiger partial charge is 0.416 e. The molecule has 0 aliphatic rings. The van der Waals surface area contributed by atoms with Crippen molar-refractivity contribution in [1.82, 2.24) is 4.98 Å². The van der Waals surface area contributed by atoms with Gasteiger partial charge in [0.2, 0.25) is 0 Å². The molecule has 1 aromatic heterocycles. The van der Waals surface area contributed by atoms with Crippen LogP contribution < -0.4 is 5.73 Å². The Hall–Kier alpha value is -1.78. The molecule has 0 aliphatic heterocycles. The fourth-order valence-electron chi connectivity index (χ4n) is 1.97. The van der Waals surface area contributed by atoms with Gasteiger partial charge in [-0.1, -0.05) is 20.8 Å². The van der Waals surface area contributed by atoms with Crippen molar-refractivity contribution < 1.29 is 13.2 Å². The molecule has 1 heterocycles. The van der Waals surface area contributed by atoms with E-state index in [1.165, 1.54) is 6.07 Å². The van der Waals surface area contributed by atoms with Crippen molar-refractivity contribution in [3.05, 3.63) is 35.4 Å². The van der Waals surface area contributed by atoms with E-state index in [4.69, 9.17) is 5.73 Å². The predicted octanol–water partition coefficient (Wildman–Crippen LogP) is 4.13. The van der Waals surface area contributed by atoms with E-state index < -0.39 is 11.7 Å². The Morgan fingerprint density at radius 2 is 1.68 bits per heavy atom. The van der Waals surface area contributed by atoms with Crippen LogP contribution in [0.3, 0.4) is 0 Å². The summed E-state index contributed by atoms with van der Waals surface area (Å²) in [6.07, 6.45) is -4.35. The zero-order chi connectivity index (χ0) is 14.4. The van der Waals surface area contributed by atoms with E-state index in [0.717, 1.165) is 17.7 Å². The average molecular weight is 268 g/mol. The second-order valence-electron chi connectivity index (χ2n) is 5.58. The summed E-state index contributed by atoms with van der Waals surface area (Å²) in [5.41, 5.74) is 6.14. The predicted molar refractivity (Wildman–Crippen MR) is 69.9 cm³/mol. The molecule has 2 rings (SSSR count). The summed E-state index contributed by atoms with van der Waals surface area (Å²) in [5.74, 6) is 0.361. The summed E-state index contributed by atoms with van der Waals surface area (Å²) in [7, 11) is 0. The van der Waals surface area contributed by atoms with Gasteiger partial charge in [0.15, 0.2) is 0 Å². The Labute approximate surface area is 109 Å². The molecule has 0 saturated heterocycles. The molecule has 1 aromatic carbocycles. The van der Waals surface area contributed by atoms with Crippen LogP contribution in [0.1, 0.15) is 31.9 Å². The molecule has 19 heavy (non-hydrogen) atoms. The SMILES string of the molecule is CC(C)(C)c1cc2cc(C(F)(F)F)ccc2nc1N. The first-order valence-electron chi connectivity index (χ1n) is 5.87. The highest BCUT2D eigenvalue weighted by Gasteiger charge is 2.30. The quantitative estimate of drug-likeness (QED) is 0.780. The van der Waals surface area contributed by atoms with E-state index in [2.05, 4.69) is 4.98 Å². The lowest BCUT2D eigenvalue weighted by Gasteiger charge is -2.21. The van der Waals surface area contributed by atoms with Gasteiger partial charge < -0.3 is 5.73 Å². The van der Waals surface area contributed by atoms with Gasteiger partial charge in [-0.25, -0.2) is 4.98 Å². The molecular formula is C14H15F3N2. The molecule has 102 valence electrons. The first-order chi connectivity index (χ1) is 8.59. The molecule has 0 saturated carbocycles. The van der Waals surface area contributed by atoms with Crippen LogP contribution in [0.15, 0.2) is 24.3 Å². The van der Waals surface area contributed by atoms with Gasteiger partial charge in [0.05, 0.1) is 11.1 Å². The summed E-state index contributed by atoms with van der Waals surface area (Å²) in [5, 5.41) is 0.453. The number of fused-ring (bicyclic) bond motifs is 1. The number of nitrogen functional groups attached to an aromatic ring is 1. The first kappa shape index (κ1) is 13.6. The molecule has 0 bridgehead atoms. The van der Waals surface area contributed by atoms with Gasteiger partial charge in [-0.15, -0.1) is 0 Å². The standard InChI is InChI=1S/C14H15F3N2/c1-13(2,3)10-7-8-6-9(14(15,16)17)4-5-11(8)19-12(10)18/h4-7H,1-3H3,(H2,18,19). The molecule has 0 spiro atoms. The molecule has 0 atom stereocenters. The van der Waals surface area contributed by atoms with Gasteiger partial charge in [-0.2, -0.15) is 13.2 Å². The normalized spacial score (nSPS) is 12.9. The van der Waals surface area contributed by atoms with Crippen molar-refractivity contribution in [1.29, 1.82) is 0 Å². The molecule has 2 nitrogen and oxygen atoms in total. The number of hydrogen-bond donors (Lipinski definition) is 1. The first-order valence-corrected chi connectivity index (χ1v) is 5.87. The van der Waals surface area contributed by atoms with E-state index in [1.54, 1.807) is 6.07 Å². The van der Waals surface area contributed by atoms with Gasteiger partial charge in [-0.3, -0.25) is 0 Å². The highest BCUT2D eigenvalue weighted by molar-refractivity contribution is 5.82. The molecule has 0 fully saturated rings. The number of anilines is 1. The van der Waals surface area contributed by atoms with Gasteiger partial charge in [0.1, 0.15) is 5.82 Å². The maximum atomic E-state index is 12.7. The fraction of sp³-hybridized carbons (Fsp3) is 0.357. The van der Waals surface area contributed by atoms with Crippen LogP contribution in [0.25, 0.3) is 10.9 Å². The van der Waals surface area contributed by atoms with Gasteiger partial charge in [0, 0.05) is 10.9 Å². The van der Waals surface area contributed by atoms with Gasteiger partial charge in [-0.05, 0) is 29.7 Å². The lowest BCUT2D eigenvalue weighted by molar-refractivity contribution is -0.137. The monoisotopic (exact) mass is 268 g/mol. The number of alkyl halides is 3. The molecule has 5 heteroatoms. The van der Waals surface area contributed by atoms with Crippen LogP contribution in [-0.4, -0.2) is 4.98 Å². The van der Waals surface area contributed by atoms with Crippen LogP contribution in [0.2, 0.25) is 0 Å². The molecule has 0 aliphatic carbocycles.